The minimum atomic E-state index is -0.406. The Bertz CT molecular complexity index is 743. The third-order valence-corrected chi connectivity index (χ3v) is 7.09. The van der Waals surface area contributed by atoms with E-state index in [2.05, 4.69) is 29.0 Å². The van der Waals surface area contributed by atoms with Gasteiger partial charge in [0.05, 0.1) is 11.3 Å². The highest BCUT2D eigenvalue weighted by atomic mass is 19.1. The Kier molecular flexibility index (Phi) is 7.14. The van der Waals surface area contributed by atoms with Gasteiger partial charge in [-0.1, -0.05) is 26.0 Å². The molecule has 0 bridgehead atoms. The molecule has 2 amide bonds. The van der Waals surface area contributed by atoms with Gasteiger partial charge in [0.25, 0.3) is 0 Å². The largest absolute Gasteiger partial charge is 0.375 e. The lowest BCUT2D eigenvalue weighted by Crippen LogP contribution is -2.57. The van der Waals surface area contributed by atoms with E-state index in [-0.39, 0.29) is 17.3 Å². The monoisotopic (exact) mass is 432 g/mol. The summed E-state index contributed by atoms with van der Waals surface area (Å²) in [6, 6.07) is 6.65. The number of halogens is 1. The van der Waals surface area contributed by atoms with Crippen LogP contribution in [-0.2, 0) is 4.74 Å². The lowest BCUT2D eigenvalue weighted by Gasteiger charge is -2.49. The summed E-state index contributed by atoms with van der Waals surface area (Å²) in [4.78, 5) is 19.6. The van der Waals surface area contributed by atoms with Crippen LogP contribution in [0.2, 0.25) is 0 Å². The van der Waals surface area contributed by atoms with Crippen molar-refractivity contribution >= 4 is 11.7 Å². The van der Waals surface area contributed by atoms with E-state index in [0.717, 1.165) is 64.4 Å². The number of urea groups is 1. The highest BCUT2D eigenvalue weighted by Crippen LogP contribution is 2.37. The molecule has 0 aliphatic carbocycles. The van der Waals surface area contributed by atoms with Crippen molar-refractivity contribution in [2.24, 2.45) is 5.92 Å². The summed E-state index contributed by atoms with van der Waals surface area (Å²) in [5.74, 6) is 0.315. The average Bonchev–Trinajstić information content (AvgIpc) is 2.76. The van der Waals surface area contributed by atoms with Crippen molar-refractivity contribution in [1.29, 1.82) is 0 Å². The maximum absolute atomic E-state index is 13.8. The number of likely N-dealkylation sites (tertiary alicyclic amines) is 1. The number of nitrogens with one attached hydrogen (secondary N) is 1. The Morgan fingerprint density at radius 2 is 1.87 bits per heavy atom. The molecule has 1 N–H and O–H groups in total. The standard InChI is InChI=1S/C24H37FN4O2/c1-19(2)18-27-12-14-28(15-13-27)20-7-16-31-24(17-20)8-10-29(11-9-24)23(30)26-22-6-4-3-5-21(22)25/h3-6,19-20H,7-18H2,1-2H3,(H,26,30)/t20-/m0/s1. The molecule has 172 valence electrons. The molecular formula is C24H37FN4O2. The highest BCUT2D eigenvalue weighted by molar-refractivity contribution is 5.89. The Labute approximate surface area is 185 Å². The number of piperazine rings is 1. The Morgan fingerprint density at radius 3 is 2.55 bits per heavy atom. The molecule has 3 aliphatic heterocycles. The van der Waals surface area contributed by atoms with Gasteiger partial charge in [0.1, 0.15) is 5.82 Å². The summed E-state index contributed by atoms with van der Waals surface area (Å²) in [5.41, 5.74) is 0.116. The molecule has 3 heterocycles. The topological polar surface area (TPSA) is 48.1 Å². The molecule has 1 atom stereocenters. The molecular weight excluding hydrogens is 395 g/mol. The van der Waals surface area contributed by atoms with Crippen LogP contribution in [0.5, 0.6) is 0 Å². The number of hydrogen-bond donors (Lipinski definition) is 1. The molecule has 7 heteroatoms. The van der Waals surface area contributed by atoms with Gasteiger partial charge in [-0.05, 0) is 43.7 Å². The Balaban J connectivity index is 1.27. The summed E-state index contributed by atoms with van der Waals surface area (Å²) in [7, 11) is 0. The molecule has 0 radical (unpaired) electrons. The predicted octanol–water partition coefficient (Wildman–Crippen LogP) is 3.64. The zero-order valence-electron chi connectivity index (χ0n) is 19.0. The van der Waals surface area contributed by atoms with E-state index in [1.807, 2.05) is 0 Å². The zero-order chi connectivity index (χ0) is 21.8. The highest BCUT2D eigenvalue weighted by Gasteiger charge is 2.43. The van der Waals surface area contributed by atoms with Gasteiger partial charge in [-0.3, -0.25) is 4.90 Å². The Hall–Kier alpha value is -1.70. The molecule has 3 saturated heterocycles. The van der Waals surface area contributed by atoms with Gasteiger partial charge >= 0.3 is 6.03 Å². The molecule has 0 saturated carbocycles. The fourth-order valence-corrected chi connectivity index (χ4v) is 5.36. The van der Waals surface area contributed by atoms with Crippen LogP contribution in [0.1, 0.15) is 39.5 Å². The third kappa shape index (κ3) is 5.57. The van der Waals surface area contributed by atoms with E-state index >= 15 is 0 Å². The Morgan fingerprint density at radius 1 is 1.16 bits per heavy atom. The maximum Gasteiger partial charge on any atom is 0.321 e. The van der Waals surface area contributed by atoms with Gasteiger partial charge in [0.15, 0.2) is 0 Å². The second kappa shape index (κ2) is 9.84. The molecule has 31 heavy (non-hydrogen) atoms. The lowest BCUT2D eigenvalue weighted by atomic mass is 9.81. The van der Waals surface area contributed by atoms with Crippen LogP contribution in [0.15, 0.2) is 24.3 Å². The number of piperidine rings is 1. The van der Waals surface area contributed by atoms with Crippen molar-refractivity contribution in [3.05, 3.63) is 30.1 Å². The molecule has 1 spiro atoms. The van der Waals surface area contributed by atoms with Gasteiger partial charge in [-0.25, -0.2) is 9.18 Å². The van der Waals surface area contributed by atoms with E-state index in [9.17, 15) is 9.18 Å². The van der Waals surface area contributed by atoms with E-state index in [0.29, 0.717) is 19.1 Å². The quantitative estimate of drug-likeness (QED) is 0.789. The molecule has 3 fully saturated rings. The third-order valence-electron chi connectivity index (χ3n) is 7.09. The average molecular weight is 433 g/mol. The normalized spacial score (nSPS) is 25.2. The van der Waals surface area contributed by atoms with E-state index < -0.39 is 5.82 Å². The SMILES string of the molecule is CC(C)CN1CCN([C@H]2CCOC3(CCN(C(=O)Nc4ccccc4F)CC3)C2)CC1. The summed E-state index contributed by atoms with van der Waals surface area (Å²) in [6.45, 7) is 12.5. The number of amides is 2. The number of nitrogens with zero attached hydrogens (tertiary/aromatic N) is 3. The lowest BCUT2D eigenvalue weighted by molar-refractivity contribution is -0.131. The number of para-hydroxylation sites is 1. The first-order valence-electron chi connectivity index (χ1n) is 11.8. The first kappa shape index (κ1) is 22.5. The van der Waals surface area contributed by atoms with Gasteiger partial charge < -0.3 is 19.9 Å². The molecule has 6 nitrogen and oxygen atoms in total. The van der Waals surface area contributed by atoms with Crippen molar-refractivity contribution in [3.63, 3.8) is 0 Å². The summed E-state index contributed by atoms with van der Waals surface area (Å²) in [6.07, 6.45) is 3.85. The minimum absolute atomic E-state index is 0.118. The number of ether oxygens (including phenoxy) is 1. The van der Waals surface area contributed by atoms with E-state index in [4.69, 9.17) is 4.74 Å². The van der Waals surface area contributed by atoms with Gasteiger partial charge in [0, 0.05) is 58.5 Å². The molecule has 0 aromatic heterocycles. The van der Waals surface area contributed by atoms with Gasteiger partial charge in [-0.2, -0.15) is 0 Å². The second-order valence-electron chi connectivity index (χ2n) is 9.81. The smallest absolute Gasteiger partial charge is 0.321 e. The van der Waals surface area contributed by atoms with Crippen molar-refractivity contribution in [1.82, 2.24) is 14.7 Å². The molecule has 0 unspecified atom stereocenters. The summed E-state index contributed by atoms with van der Waals surface area (Å²) >= 11 is 0. The van der Waals surface area contributed by atoms with Crippen molar-refractivity contribution in [3.8, 4) is 0 Å². The fourth-order valence-electron chi connectivity index (χ4n) is 5.36. The second-order valence-corrected chi connectivity index (χ2v) is 9.81. The van der Waals surface area contributed by atoms with Crippen LogP contribution in [-0.4, -0.2) is 84.8 Å². The van der Waals surface area contributed by atoms with E-state index in [1.54, 1.807) is 23.1 Å². The maximum atomic E-state index is 13.8. The van der Waals surface area contributed by atoms with Crippen molar-refractivity contribution in [2.45, 2.75) is 51.2 Å². The molecule has 4 rings (SSSR count). The van der Waals surface area contributed by atoms with Crippen LogP contribution < -0.4 is 5.32 Å². The number of anilines is 1. The fraction of sp³-hybridized carbons (Fsp3) is 0.708. The molecule has 1 aromatic carbocycles. The zero-order valence-corrected chi connectivity index (χ0v) is 19.0. The first-order chi connectivity index (χ1) is 14.9. The van der Waals surface area contributed by atoms with E-state index in [1.165, 1.54) is 12.6 Å². The number of carbonyl (C=O) groups is 1. The van der Waals surface area contributed by atoms with Crippen LogP contribution in [0.3, 0.4) is 0 Å². The number of benzene rings is 1. The van der Waals surface area contributed by atoms with Crippen LogP contribution >= 0.6 is 0 Å². The van der Waals surface area contributed by atoms with Crippen molar-refractivity contribution < 1.29 is 13.9 Å². The van der Waals surface area contributed by atoms with Gasteiger partial charge in [0.2, 0.25) is 0 Å². The number of hydrogen-bond acceptors (Lipinski definition) is 4. The van der Waals surface area contributed by atoms with Crippen LogP contribution in [0.4, 0.5) is 14.9 Å². The number of carbonyl (C=O) groups excluding carboxylic acids is 1. The van der Waals surface area contributed by atoms with Crippen LogP contribution in [0, 0.1) is 11.7 Å². The number of rotatable bonds is 4. The minimum Gasteiger partial charge on any atom is -0.375 e. The summed E-state index contributed by atoms with van der Waals surface area (Å²) in [5, 5.41) is 2.71. The first-order valence-corrected chi connectivity index (χ1v) is 11.8. The van der Waals surface area contributed by atoms with Crippen LogP contribution in [0.25, 0.3) is 0 Å². The summed E-state index contributed by atoms with van der Waals surface area (Å²) < 4.78 is 20.2. The molecule has 1 aromatic rings. The van der Waals surface area contributed by atoms with Crippen molar-refractivity contribution in [2.75, 3.05) is 57.7 Å². The van der Waals surface area contributed by atoms with Gasteiger partial charge in [-0.15, -0.1) is 0 Å². The predicted molar refractivity (Wildman–Crippen MR) is 121 cm³/mol. The molecule has 3 aliphatic rings.